The standard InChI is InChI=1S/C30H38O6/c1-5-7-9-13-17-33-29(31)35-27-23-15-11-12-16-24(23)28(26-20-22(4)21(3)19-25(26)27)36-30(32)34-18-14-10-8-6-2/h11-12,15-16,19-20H,5-10,13-14,17-18H2,1-4H3. The van der Waals surface area contributed by atoms with Gasteiger partial charge in [-0.1, -0.05) is 76.6 Å². The quantitative estimate of drug-likeness (QED) is 0.108. The maximum Gasteiger partial charge on any atom is 0.513 e. The van der Waals surface area contributed by atoms with Crippen LogP contribution in [0.1, 0.15) is 76.3 Å². The van der Waals surface area contributed by atoms with Crippen molar-refractivity contribution < 1.29 is 28.5 Å². The molecule has 6 nitrogen and oxygen atoms in total. The number of hydrogen-bond donors (Lipinski definition) is 0. The summed E-state index contributed by atoms with van der Waals surface area (Å²) in [6.45, 7) is 8.89. The van der Waals surface area contributed by atoms with E-state index in [1.165, 1.54) is 0 Å². The first-order valence-electron chi connectivity index (χ1n) is 13.1. The molecule has 0 unspecified atom stereocenters. The second kappa shape index (κ2) is 13.7. The summed E-state index contributed by atoms with van der Waals surface area (Å²) in [7, 11) is 0. The Morgan fingerprint density at radius 2 is 1.03 bits per heavy atom. The molecule has 0 aromatic heterocycles. The van der Waals surface area contributed by atoms with Crippen molar-refractivity contribution in [2.24, 2.45) is 0 Å². The van der Waals surface area contributed by atoms with E-state index in [4.69, 9.17) is 18.9 Å². The molecule has 0 radical (unpaired) electrons. The second-order valence-corrected chi connectivity index (χ2v) is 9.21. The Hall–Kier alpha value is -3.28. The molecule has 0 amide bonds. The van der Waals surface area contributed by atoms with Crippen LogP contribution in [0.25, 0.3) is 21.5 Å². The lowest BCUT2D eigenvalue weighted by Gasteiger charge is -2.17. The molecule has 0 bridgehead atoms. The van der Waals surface area contributed by atoms with Gasteiger partial charge in [-0.15, -0.1) is 0 Å². The molecule has 3 rings (SSSR count). The van der Waals surface area contributed by atoms with Gasteiger partial charge in [-0.25, -0.2) is 9.59 Å². The highest BCUT2D eigenvalue weighted by atomic mass is 16.7. The number of unbranched alkanes of at least 4 members (excludes halogenated alkanes) is 6. The number of ether oxygens (including phenoxy) is 4. The summed E-state index contributed by atoms with van der Waals surface area (Å²) in [6.07, 6.45) is 6.58. The molecule has 0 fully saturated rings. The second-order valence-electron chi connectivity index (χ2n) is 9.21. The zero-order valence-corrected chi connectivity index (χ0v) is 22.0. The lowest BCUT2D eigenvalue weighted by Crippen LogP contribution is -2.14. The average Bonchev–Trinajstić information content (AvgIpc) is 2.87. The highest BCUT2D eigenvalue weighted by Crippen LogP contribution is 2.44. The minimum Gasteiger partial charge on any atom is -0.434 e. The third-order valence-electron chi connectivity index (χ3n) is 6.35. The fourth-order valence-corrected chi connectivity index (χ4v) is 4.18. The molecule has 36 heavy (non-hydrogen) atoms. The van der Waals surface area contributed by atoms with Crippen LogP contribution in [0.15, 0.2) is 36.4 Å². The van der Waals surface area contributed by atoms with Crippen molar-refractivity contribution in [3.63, 3.8) is 0 Å². The van der Waals surface area contributed by atoms with Crippen LogP contribution >= 0.6 is 0 Å². The van der Waals surface area contributed by atoms with Gasteiger partial charge in [-0.3, -0.25) is 0 Å². The van der Waals surface area contributed by atoms with Crippen molar-refractivity contribution in [2.45, 2.75) is 79.1 Å². The van der Waals surface area contributed by atoms with Crippen LogP contribution in [0.4, 0.5) is 9.59 Å². The lowest BCUT2D eigenvalue weighted by atomic mass is 9.96. The molecule has 0 atom stereocenters. The molecule has 0 aliphatic heterocycles. The van der Waals surface area contributed by atoms with Crippen LogP contribution in [0, 0.1) is 13.8 Å². The van der Waals surface area contributed by atoms with E-state index in [0.717, 1.165) is 62.5 Å². The van der Waals surface area contributed by atoms with E-state index in [9.17, 15) is 9.59 Å². The van der Waals surface area contributed by atoms with Crippen molar-refractivity contribution in [1.82, 2.24) is 0 Å². The predicted octanol–water partition coefficient (Wildman–Crippen LogP) is 8.80. The fraction of sp³-hybridized carbons (Fsp3) is 0.467. The van der Waals surface area contributed by atoms with E-state index in [1.54, 1.807) is 0 Å². The van der Waals surface area contributed by atoms with E-state index in [2.05, 4.69) is 13.8 Å². The van der Waals surface area contributed by atoms with Crippen molar-refractivity contribution in [3.05, 3.63) is 47.5 Å². The van der Waals surface area contributed by atoms with Crippen LogP contribution in [0.3, 0.4) is 0 Å². The molecule has 0 aliphatic rings. The lowest BCUT2D eigenvalue weighted by molar-refractivity contribution is 0.0965. The number of hydrogen-bond acceptors (Lipinski definition) is 6. The normalized spacial score (nSPS) is 11.0. The maximum atomic E-state index is 12.6. The minimum absolute atomic E-state index is 0.318. The zero-order chi connectivity index (χ0) is 25.9. The van der Waals surface area contributed by atoms with E-state index >= 15 is 0 Å². The van der Waals surface area contributed by atoms with Crippen LogP contribution < -0.4 is 9.47 Å². The number of carbonyl (C=O) groups excluding carboxylic acids is 2. The summed E-state index contributed by atoms with van der Waals surface area (Å²) in [5, 5.41) is 2.65. The van der Waals surface area contributed by atoms with Gasteiger partial charge in [-0.2, -0.15) is 0 Å². The Kier molecular flexibility index (Phi) is 10.4. The van der Waals surface area contributed by atoms with Crippen LogP contribution in [0.2, 0.25) is 0 Å². The molecule has 3 aromatic carbocycles. The van der Waals surface area contributed by atoms with Gasteiger partial charge < -0.3 is 18.9 Å². The first kappa shape index (κ1) is 27.3. The molecule has 0 N–H and O–H groups in total. The number of rotatable bonds is 12. The number of fused-ring (bicyclic) bond motifs is 2. The van der Waals surface area contributed by atoms with Gasteiger partial charge in [0, 0.05) is 21.5 Å². The van der Waals surface area contributed by atoms with E-state index < -0.39 is 12.3 Å². The van der Waals surface area contributed by atoms with E-state index in [0.29, 0.717) is 46.3 Å². The molecular weight excluding hydrogens is 456 g/mol. The largest absolute Gasteiger partial charge is 0.513 e. The predicted molar refractivity (Wildman–Crippen MR) is 143 cm³/mol. The first-order valence-corrected chi connectivity index (χ1v) is 13.1. The first-order chi connectivity index (χ1) is 17.5. The Morgan fingerprint density at radius 3 is 1.42 bits per heavy atom. The van der Waals surface area contributed by atoms with Gasteiger partial charge in [0.15, 0.2) is 0 Å². The summed E-state index contributed by atoms with van der Waals surface area (Å²) in [4.78, 5) is 25.2. The average molecular weight is 495 g/mol. The minimum atomic E-state index is -0.740. The van der Waals surface area contributed by atoms with Gasteiger partial charge in [0.1, 0.15) is 11.5 Å². The smallest absolute Gasteiger partial charge is 0.434 e. The summed E-state index contributed by atoms with van der Waals surface area (Å²) in [5.41, 5.74) is 2.06. The van der Waals surface area contributed by atoms with Crippen LogP contribution in [-0.2, 0) is 9.47 Å². The molecule has 0 heterocycles. The number of carbonyl (C=O) groups is 2. The fourth-order valence-electron chi connectivity index (χ4n) is 4.18. The molecule has 194 valence electrons. The molecule has 6 heteroatoms. The highest BCUT2D eigenvalue weighted by Gasteiger charge is 2.22. The molecule has 0 saturated heterocycles. The zero-order valence-electron chi connectivity index (χ0n) is 22.0. The SMILES string of the molecule is CCCCCCOC(=O)Oc1c2ccccc2c(OC(=O)OCCCCCC)c2cc(C)c(C)cc12. The third kappa shape index (κ3) is 7.12. The van der Waals surface area contributed by atoms with Gasteiger partial charge in [0.05, 0.1) is 13.2 Å². The number of benzene rings is 3. The molecule has 0 aliphatic carbocycles. The Labute approximate surface area is 213 Å². The molecule has 0 saturated carbocycles. The van der Waals surface area contributed by atoms with Crippen molar-refractivity contribution >= 4 is 33.9 Å². The molecule has 3 aromatic rings. The topological polar surface area (TPSA) is 71.1 Å². The Bertz CT molecular complexity index is 1090. The Morgan fingerprint density at radius 1 is 0.611 bits per heavy atom. The summed E-state index contributed by atoms with van der Waals surface area (Å²) >= 11 is 0. The van der Waals surface area contributed by atoms with Gasteiger partial charge in [0.2, 0.25) is 0 Å². The van der Waals surface area contributed by atoms with Crippen molar-refractivity contribution in [3.8, 4) is 11.5 Å². The summed E-state index contributed by atoms with van der Waals surface area (Å²) < 4.78 is 22.2. The summed E-state index contributed by atoms with van der Waals surface area (Å²) in [5.74, 6) is 0.782. The molecular formula is C30H38O6. The van der Waals surface area contributed by atoms with Crippen LogP contribution in [0.5, 0.6) is 11.5 Å². The van der Waals surface area contributed by atoms with Crippen molar-refractivity contribution in [1.29, 1.82) is 0 Å². The summed E-state index contributed by atoms with van der Waals surface area (Å²) in [6, 6.07) is 11.3. The Balaban J connectivity index is 1.93. The monoisotopic (exact) mass is 494 g/mol. The molecule has 0 spiro atoms. The van der Waals surface area contributed by atoms with Crippen LogP contribution in [-0.4, -0.2) is 25.5 Å². The number of aryl methyl sites for hydroxylation is 2. The van der Waals surface area contributed by atoms with E-state index in [1.807, 2.05) is 50.2 Å². The van der Waals surface area contributed by atoms with E-state index in [-0.39, 0.29) is 0 Å². The highest BCUT2D eigenvalue weighted by molar-refractivity contribution is 6.12. The maximum absolute atomic E-state index is 12.6. The third-order valence-corrected chi connectivity index (χ3v) is 6.35. The van der Waals surface area contributed by atoms with Gasteiger partial charge in [0.25, 0.3) is 0 Å². The van der Waals surface area contributed by atoms with Crippen molar-refractivity contribution in [2.75, 3.05) is 13.2 Å². The van der Waals surface area contributed by atoms with Gasteiger partial charge in [-0.05, 0) is 49.9 Å². The van der Waals surface area contributed by atoms with Gasteiger partial charge >= 0.3 is 12.3 Å².